The van der Waals surface area contributed by atoms with E-state index < -0.39 is 0 Å². The van der Waals surface area contributed by atoms with Crippen molar-refractivity contribution in [3.8, 4) is 0 Å². The largest absolute Gasteiger partial charge is 0.383 e. The third-order valence-electron chi connectivity index (χ3n) is 2.84. The van der Waals surface area contributed by atoms with E-state index in [9.17, 15) is 4.39 Å². The first-order valence-corrected chi connectivity index (χ1v) is 7.71. The van der Waals surface area contributed by atoms with Crippen LogP contribution in [0.5, 0.6) is 0 Å². The summed E-state index contributed by atoms with van der Waals surface area (Å²) in [5.74, 6) is 0.741. The average molecular weight is 406 g/mol. The van der Waals surface area contributed by atoms with Crippen LogP contribution in [-0.2, 0) is 12.8 Å². The van der Waals surface area contributed by atoms with Crippen molar-refractivity contribution >= 4 is 40.0 Å². The third kappa shape index (κ3) is 3.58. The van der Waals surface area contributed by atoms with Crippen LogP contribution in [0, 0.1) is 9.39 Å². The molecule has 0 aliphatic rings. The van der Waals surface area contributed by atoms with Crippen molar-refractivity contribution in [2.45, 2.75) is 26.2 Å². The molecule has 0 bridgehead atoms. The Kier molecular flexibility index (Phi) is 5.15. The molecule has 0 aliphatic carbocycles. The number of halogens is 3. The van der Waals surface area contributed by atoms with Gasteiger partial charge in [-0.3, -0.25) is 0 Å². The number of rotatable bonds is 4. The zero-order valence-corrected chi connectivity index (χ0v) is 13.9. The molecular formula is C14H14ClFIN3. The molecule has 0 atom stereocenters. The van der Waals surface area contributed by atoms with Gasteiger partial charge in [0.25, 0.3) is 0 Å². The van der Waals surface area contributed by atoms with Gasteiger partial charge in [-0.05, 0) is 46.7 Å². The summed E-state index contributed by atoms with van der Waals surface area (Å²) in [7, 11) is 0. The fraction of sp³-hybridized carbons (Fsp3) is 0.286. The lowest BCUT2D eigenvalue weighted by molar-refractivity contribution is 0.627. The third-order valence-corrected chi connectivity index (χ3v) is 4.37. The lowest BCUT2D eigenvalue weighted by Crippen LogP contribution is -2.08. The van der Waals surface area contributed by atoms with Gasteiger partial charge < -0.3 is 5.73 Å². The summed E-state index contributed by atoms with van der Waals surface area (Å²) in [6, 6.07) is 4.32. The van der Waals surface area contributed by atoms with Crippen LogP contribution >= 0.6 is 34.2 Å². The summed E-state index contributed by atoms with van der Waals surface area (Å²) in [6.07, 6.45) is 2.29. The van der Waals surface area contributed by atoms with E-state index in [-0.39, 0.29) is 5.82 Å². The maximum absolute atomic E-state index is 13.0. The summed E-state index contributed by atoms with van der Waals surface area (Å²) >= 11 is 8.18. The number of nitrogen functional groups attached to an aromatic ring is 1. The predicted molar refractivity (Wildman–Crippen MR) is 87.4 cm³/mol. The average Bonchev–Trinajstić information content (AvgIpc) is 2.39. The van der Waals surface area contributed by atoms with Crippen molar-refractivity contribution in [2.24, 2.45) is 0 Å². The molecule has 3 nitrogen and oxygen atoms in total. The Morgan fingerprint density at radius 1 is 1.35 bits per heavy atom. The second kappa shape index (κ2) is 6.67. The number of nitrogens with two attached hydrogens (primary N) is 1. The van der Waals surface area contributed by atoms with Gasteiger partial charge in [0, 0.05) is 11.4 Å². The van der Waals surface area contributed by atoms with E-state index in [0.717, 1.165) is 27.7 Å². The normalized spacial score (nSPS) is 10.8. The molecule has 0 unspecified atom stereocenters. The molecule has 0 radical (unpaired) electrons. The smallest absolute Gasteiger partial charge is 0.140 e. The SMILES string of the molecule is CCCc1nc(Cc2ccc(F)cc2Cl)nc(N)c1I. The number of benzene rings is 1. The second-order valence-corrected chi connectivity index (χ2v) is 5.93. The molecule has 1 aromatic carbocycles. The molecule has 2 N–H and O–H groups in total. The monoisotopic (exact) mass is 405 g/mol. The number of hydrogen-bond donors (Lipinski definition) is 1. The fourth-order valence-corrected chi connectivity index (χ4v) is 2.63. The molecule has 106 valence electrons. The second-order valence-electron chi connectivity index (χ2n) is 4.45. The summed E-state index contributed by atoms with van der Waals surface area (Å²) in [5.41, 5.74) is 7.66. The van der Waals surface area contributed by atoms with Crippen LogP contribution in [0.15, 0.2) is 18.2 Å². The van der Waals surface area contributed by atoms with Crippen LogP contribution in [0.1, 0.15) is 30.4 Å². The van der Waals surface area contributed by atoms with Crippen LogP contribution in [0.2, 0.25) is 5.02 Å². The summed E-state index contributed by atoms with van der Waals surface area (Å²) < 4.78 is 13.9. The van der Waals surface area contributed by atoms with E-state index in [1.54, 1.807) is 6.07 Å². The molecule has 20 heavy (non-hydrogen) atoms. The van der Waals surface area contributed by atoms with E-state index in [0.29, 0.717) is 23.1 Å². The summed E-state index contributed by atoms with van der Waals surface area (Å²) in [6.45, 7) is 2.09. The minimum atomic E-state index is -0.353. The first kappa shape index (κ1) is 15.4. The first-order chi connectivity index (χ1) is 9.51. The van der Waals surface area contributed by atoms with Gasteiger partial charge in [0.05, 0.1) is 9.26 Å². The van der Waals surface area contributed by atoms with Gasteiger partial charge in [-0.15, -0.1) is 0 Å². The van der Waals surface area contributed by atoms with Crippen LogP contribution in [0.3, 0.4) is 0 Å². The molecule has 0 saturated carbocycles. The molecule has 2 rings (SSSR count). The molecule has 2 aromatic rings. The molecule has 0 spiro atoms. The summed E-state index contributed by atoms with van der Waals surface area (Å²) in [5, 5.41) is 0.378. The molecule has 0 aliphatic heterocycles. The van der Waals surface area contributed by atoms with Crippen molar-refractivity contribution in [1.82, 2.24) is 9.97 Å². The van der Waals surface area contributed by atoms with Crippen LogP contribution < -0.4 is 5.73 Å². The molecule has 1 heterocycles. The Morgan fingerprint density at radius 2 is 2.10 bits per heavy atom. The fourth-order valence-electron chi connectivity index (χ4n) is 1.88. The lowest BCUT2D eigenvalue weighted by atomic mass is 10.1. The van der Waals surface area contributed by atoms with Gasteiger partial charge in [-0.1, -0.05) is 31.0 Å². The standard InChI is InChI=1S/C14H14ClFIN3/c1-2-3-11-13(17)14(18)20-12(19-11)6-8-4-5-9(16)7-10(8)15/h4-5,7H,2-3,6H2,1H3,(H2,18,19,20). The minimum Gasteiger partial charge on any atom is -0.383 e. The molecular weight excluding hydrogens is 392 g/mol. The van der Waals surface area contributed by atoms with Crippen LogP contribution in [0.25, 0.3) is 0 Å². The molecule has 0 saturated heterocycles. The Hall–Kier alpha value is -0.950. The Balaban J connectivity index is 2.33. The summed E-state index contributed by atoms with van der Waals surface area (Å²) in [4.78, 5) is 8.81. The highest BCUT2D eigenvalue weighted by Crippen LogP contribution is 2.22. The Morgan fingerprint density at radius 3 is 2.75 bits per heavy atom. The maximum atomic E-state index is 13.0. The zero-order valence-electron chi connectivity index (χ0n) is 11.0. The Labute approximate surface area is 135 Å². The van der Waals surface area contributed by atoms with Gasteiger partial charge in [0.15, 0.2) is 0 Å². The topological polar surface area (TPSA) is 51.8 Å². The lowest BCUT2D eigenvalue weighted by Gasteiger charge is -2.09. The van der Waals surface area contributed by atoms with Crippen LogP contribution in [-0.4, -0.2) is 9.97 Å². The number of anilines is 1. The number of aromatic nitrogens is 2. The first-order valence-electron chi connectivity index (χ1n) is 6.26. The van der Waals surface area contributed by atoms with Gasteiger partial charge in [-0.25, -0.2) is 14.4 Å². The number of nitrogens with zero attached hydrogens (tertiary/aromatic N) is 2. The van der Waals surface area contributed by atoms with Crippen molar-refractivity contribution in [1.29, 1.82) is 0 Å². The van der Waals surface area contributed by atoms with Crippen molar-refractivity contribution in [3.05, 3.63) is 49.7 Å². The van der Waals surface area contributed by atoms with Gasteiger partial charge in [-0.2, -0.15) is 0 Å². The van der Waals surface area contributed by atoms with E-state index in [1.165, 1.54) is 12.1 Å². The van der Waals surface area contributed by atoms with Gasteiger partial charge in [0.1, 0.15) is 17.5 Å². The van der Waals surface area contributed by atoms with Crippen molar-refractivity contribution in [3.63, 3.8) is 0 Å². The quantitative estimate of drug-likeness (QED) is 0.782. The van der Waals surface area contributed by atoms with E-state index in [1.807, 2.05) is 0 Å². The number of hydrogen-bond acceptors (Lipinski definition) is 3. The minimum absolute atomic E-state index is 0.353. The van der Waals surface area contributed by atoms with E-state index in [4.69, 9.17) is 17.3 Å². The molecule has 1 aromatic heterocycles. The highest BCUT2D eigenvalue weighted by atomic mass is 127. The van der Waals surface area contributed by atoms with Crippen LogP contribution in [0.4, 0.5) is 10.2 Å². The van der Waals surface area contributed by atoms with Gasteiger partial charge in [0.2, 0.25) is 0 Å². The van der Waals surface area contributed by atoms with Crippen molar-refractivity contribution < 1.29 is 4.39 Å². The number of aryl methyl sites for hydroxylation is 1. The highest BCUT2D eigenvalue weighted by Gasteiger charge is 2.11. The zero-order chi connectivity index (χ0) is 14.7. The predicted octanol–water partition coefficient (Wildman–Crippen LogP) is 4.00. The molecule has 6 heteroatoms. The van der Waals surface area contributed by atoms with Crippen molar-refractivity contribution in [2.75, 3.05) is 5.73 Å². The van der Waals surface area contributed by atoms with Gasteiger partial charge >= 0.3 is 0 Å². The highest BCUT2D eigenvalue weighted by molar-refractivity contribution is 14.1. The van der Waals surface area contributed by atoms with E-state index >= 15 is 0 Å². The van der Waals surface area contributed by atoms with E-state index in [2.05, 4.69) is 39.5 Å². The molecule has 0 amide bonds. The molecule has 0 fully saturated rings. The maximum Gasteiger partial charge on any atom is 0.140 e. The Bertz CT molecular complexity index is 634.